The van der Waals surface area contributed by atoms with Gasteiger partial charge in [-0.3, -0.25) is 9.48 Å². The number of ether oxygens (including phenoxy) is 1. The summed E-state index contributed by atoms with van der Waals surface area (Å²) < 4.78 is 7.27. The maximum Gasteiger partial charge on any atom is 0.224 e. The first kappa shape index (κ1) is 18.9. The molecule has 0 spiro atoms. The van der Waals surface area contributed by atoms with Crippen LogP contribution < -0.4 is 4.90 Å². The monoisotopic (exact) mass is 384 g/mol. The number of rotatable bonds is 5. The van der Waals surface area contributed by atoms with Crippen molar-refractivity contribution in [2.45, 2.75) is 38.6 Å². The predicted molar refractivity (Wildman–Crippen MR) is 105 cm³/mol. The van der Waals surface area contributed by atoms with Crippen LogP contribution >= 0.6 is 0 Å². The standard InChI is InChI=1S/C20H28N6O2/c1-16-12-23-26(13-16)6-4-20(27)25-5-2-3-17(14-25)18-11-19(22-15-21-18)24-7-9-28-10-8-24/h11-13,15,17H,2-10,14H2,1H3/t17-/m0/s1. The van der Waals surface area contributed by atoms with Crippen LogP contribution in [0.15, 0.2) is 24.8 Å². The molecule has 0 N–H and O–H groups in total. The van der Waals surface area contributed by atoms with Crippen LogP contribution in [0.1, 0.15) is 36.4 Å². The number of carbonyl (C=O) groups excluding carboxylic acids is 1. The van der Waals surface area contributed by atoms with E-state index in [1.54, 1.807) is 6.33 Å². The summed E-state index contributed by atoms with van der Waals surface area (Å²) in [5, 5.41) is 4.26. The molecule has 2 aliphatic heterocycles. The molecule has 2 aliphatic rings. The number of aryl methyl sites for hydroxylation is 2. The number of carbonyl (C=O) groups is 1. The Hall–Kier alpha value is -2.48. The Labute approximate surface area is 165 Å². The summed E-state index contributed by atoms with van der Waals surface area (Å²) in [7, 11) is 0. The third-order valence-electron chi connectivity index (χ3n) is 5.52. The molecular weight excluding hydrogens is 356 g/mol. The molecule has 28 heavy (non-hydrogen) atoms. The first-order valence-electron chi connectivity index (χ1n) is 10.1. The second-order valence-electron chi connectivity index (χ2n) is 7.61. The van der Waals surface area contributed by atoms with Crippen molar-refractivity contribution >= 4 is 11.7 Å². The molecule has 2 fully saturated rings. The first-order chi connectivity index (χ1) is 13.7. The first-order valence-corrected chi connectivity index (χ1v) is 10.1. The lowest BCUT2D eigenvalue weighted by molar-refractivity contribution is -0.132. The summed E-state index contributed by atoms with van der Waals surface area (Å²) in [6.07, 6.45) is 8.00. The van der Waals surface area contributed by atoms with Crippen molar-refractivity contribution in [2.75, 3.05) is 44.3 Å². The third-order valence-corrected chi connectivity index (χ3v) is 5.52. The zero-order valence-corrected chi connectivity index (χ0v) is 16.5. The Morgan fingerprint density at radius 3 is 2.89 bits per heavy atom. The van der Waals surface area contributed by atoms with Crippen LogP contribution in [0.4, 0.5) is 5.82 Å². The molecule has 2 aromatic rings. The molecule has 8 nitrogen and oxygen atoms in total. The molecule has 0 bridgehead atoms. The van der Waals surface area contributed by atoms with Crippen LogP contribution in [0.5, 0.6) is 0 Å². The number of nitrogens with zero attached hydrogens (tertiary/aromatic N) is 6. The average Bonchev–Trinajstić information content (AvgIpc) is 3.18. The predicted octanol–water partition coefficient (Wildman–Crippen LogP) is 1.61. The molecule has 4 heterocycles. The van der Waals surface area contributed by atoms with Gasteiger partial charge in [-0.1, -0.05) is 0 Å². The number of hydrogen-bond donors (Lipinski definition) is 0. The average molecular weight is 384 g/mol. The minimum atomic E-state index is 0.195. The zero-order chi connectivity index (χ0) is 19.3. The Morgan fingerprint density at radius 1 is 1.25 bits per heavy atom. The normalized spacial score (nSPS) is 20.4. The minimum Gasteiger partial charge on any atom is -0.378 e. The highest BCUT2D eigenvalue weighted by atomic mass is 16.5. The Balaban J connectivity index is 1.37. The largest absolute Gasteiger partial charge is 0.378 e. The van der Waals surface area contributed by atoms with Gasteiger partial charge in [-0.05, 0) is 25.3 Å². The second kappa shape index (κ2) is 8.68. The van der Waals surface area contributed by atoms with Crippen molar-refractivity contribution in [2.24, 2.45) is 0 Å². The number of hydrogen-bond acceptors (Lipinski definition) is 6. The molecule has 2 aromatic heterocycles. The Kier molecular flexibility index (Phi) is 5.85. The van der Waals surface area contributed by atoms with Crippen molar-refractivity contribution in [3.63, 3.8) is 0 Å². The number of amides is 1. The summed E-state index contributed by atoms with van der Waals surface area (Å²) in [5.74, 6) is 1.43. The summed E-state index contributed by atoms with van der Waals surface area (Å²) >= 11 is 0. The number of likely N-dealkylation sites (tertiary alicyclic amines) is 1. The van der Waals surface area contributed by atoms with Crippen molar-refractivity contribution < 1.29 is 9.53 Å². The molecule has 1 atom stereocenters. The van der Waals surface area contributed by atoms with Crippen molar-refractivity contribution in [3.05, 3.63) is 36.0 Å². The molecule has 8 heteroatoms. The van der Waals surface area contributed by atoms with E-state index in [4.69, 9.17) is 4.74 Å². The minimum absolute atomic E-state index is 0.195. The fourth-order valence-corrected chi connectivity index (χ4v) is 3.95. The molecule has 2 saturated heterocycles. The lowest BCUT2D eigenvalue weighted by Gasteiger charge is -2.33. The van der Waals surface area contributed by atoms with E-state index in [0.29, 0.717) is 13.0 Å². The van der Waals surface area contributed by atoms with Gasteiger partial charge in [0, 0.05) is 57.3 Å². The number of morpholine rings is 1. The van der Waals surface area contributed by atoms with E-state index in [0.717, 1.165) is 69.3 Å². The molecule has 0 unspecified atom stereocenters. The number of piperidine rings is 1. The highest BCUT2D eigenvalue weighted by molar-refractivity contribution is 5.76. The summed E-state index contributed by atoms with van der Waals surface area (Å²) in [5.41, 5.74) is 2.15. The zero-order valence-electron chi connectivity index (χ0n) is 16.5. The Morgan fingerprint density at radius 2 is 2.11 bits per heavy atom. The second-order valence-corrected chi connectivity index (χ2v) is 7.61. The van der Waals surface area contributed by atoms with Crippen LogP contribution in [-0.4, -0.2) is 69.9 Å². The van der Waals surface area contributed by atoms with E-state index >= 15 is 0 Å². The number of aromatic nitrogens is 4. The lowest BCUT2D eigenvalue weighted by Crippen LogP contribution is -2.40. The van der Waals surface area contributed by atoms with Crippen molar-refractivity contribution in [1.29, 1.82) is 0 Å². The molecule has 0 aliphatic carbocycles. The van der Waals surface area contributed by atoms with Gasteiger partial charge in [-0.25, -0.2) is 9.97 Å². The summed E-state index contributed by atoms with van der Waals surface area (Å²) in [6, 6.07) is 2.09. The van der Waals surface area contributed by atoms with E-state index in [1.807, 2.05) is 28.9 Å². The van der Waals surface area contributed by atoms with Gasteiger partial charge in [0.15, 0.2) is 0 Å². The van der Waals surface area contributed by atoms with Crippen LogP contribution in [0.2, 0.25) is 0 Å². The van der Waals surface area contributed by atoms with E-state index in [2.05, 4.69) is 26.0 Å². The Bertz CT molecular complexity index is 801. The van der Waals surface area contributed by atoms with Crippen molar-refractivity contribution in [3.8, 4) is 0 Å². The third kappa shape index (κ3) is 4.49. The summed E-state index contributed by atoms with van der Waals surface area (Å²) in [4.78, 5) is 25.9. The van der Waals surface area contributed by atoms with Gasteiger partial charge >= 0.3 is 0 Å². The quantitative estimate of drug-likeness (QED) is 0.780. The highest BCUT2D eigenvalue weighted by Gasteiger charge is 2.26. The van der Waals surface area contributed by atoms with Crippen LogP contribution in [0, 0.1) is 6.92 Å². The van der Waals surface area contributed by atoms with Gasteiger partial charge in [0.1, 0.15) is 12.1 Å². The summed E-state index contributed by atoms with van der Waals surface area (Å²) in [6.45, 7) is 7.39. The van der Waals surface area contributed by atoms with Crippen LogP contribution in [0.25, 0.3) is 0 Å². The molecule has 4 rings (SSSR count). The molecule has 0 aromatic carbocycles. The highest BCUT2D eigenvalue weighted by Crippen LogP contribution is 2.27. The molecule has 1 amide bonds. The van der Waals surface area contributed by atoms with Gasteiger partial charge in [0.2, 0.25) is 5.91 Å². The lowest BCUT2D eigenvalue weighted by atomic mass is 9.94. The SMILES string of the molecule is Cc1cnn(CCC(=O)N2CCC[C@H](c3cc(N4CCOCC4)ncn3)C2)c1. The fraction of sp³-hybridized carbons (Fsp3) is 0.600. The number of anilines is 1. The van der Waals surface area contributed by atoms with Crippen LogP contribution in [-0.2, 0) is 16.1 Å². The molecule has 0 saturated carbocycles. The van der Waals surface area contributed by atoms with E-state index in [9.17, 15) is 4.79 Å². The van der Waals surface area contributed by atoms with Gasteiger partial charge in [0.25, 0.3) is 0 Å². The van der Waals surface area contributed by atoms with Crippen molar-refractivity contribution in [1.82, 2.24) is 24.6 Å². The molecule has 150 valence electrons. The maximum atomic E-state index is 12.7. The van der Waals surface area contributed by atoms with E-state index in [1.165, 1.54) is 0 Å². The molecular formula is C20H28N6O2. The van der Waals surface area contributed by atoms with Gasteiger partial charge < -0.3 is 14.5 Å². The van der Waals surface area contributed by atoms with Gasteiger partial charge in [-0.2, -0.15) is 5.10 Å². The van der Waals surface area contributed by atoms with E-state index < -0.39 is 0 Å². The molecule has 0 radical (unpaired) electrons. The maximum absolute atomic E-state index is 12.7. The van der Waals surface area contributed by atoms with Gasteiger partial charge in [-0.15, -0.1) is 0 Å². The smallest absolute Gasteiger partial charge is 0.224 e. The van der Waals surface area contributed by atoms with E-state index in [-0.39, 0.29) is 11.8 Å². The topological polar surface area (TPSA) is 76.4 Å². The fourth-order valence-electron chi connectivity index (χ4n) is 3.95. The van der Waals surface area contributed by atoms with Gasteiger partial charge in [0.05, 0.1) is 25.1 Å². The van der Waals surface area contributed by atoms with Crippen LogP contribution in [0.3, 0.4) is 0 Å².